The van der Waals surface area contributed by atoms with E-state index in [1.807, 2.05) is 24.3 Å². The molecule has 0 spiro atoms. The number of hydrogen-bond acceptors (Lipinski definition) is 5. The number of fused-ring (bicyclic) bond motifs is 5. The molecule has 1 aromatic heterocycles. The molecule has 0 N–H and O–H groups in total. The number of carbonyl (C=O) groups excluding carboxylic acids is 2. The Labute approximate surface area is 146 Å². The number of esters is 1. The number of ether oxygens (including phenoxy) is 2. The summed E-state index contributed by atoms with van der Waals surface area (Å²) < 4.78 is 11.8. The van der Waals surface area contributed by atoms with Gasteiger partial charge in [0.1, 0.15) is 0 Å². The van der Waals surface area contributed by atoms with E-state index in [9.17, 15) is 9.59 Å². The lowest BCUT2D eigenvalue weighted by Gasteiger charge is -2.43. The molecular weight excluding hydrogens is 320 g/mol. The SMILES string of the molecule is COC(=O)[C@@H]1CCCN2CCc3c(n(C(=O)OC)c4ccccc34)[C@H]12. The first-order valence-corrected chi connectivity index (χ1v) is 8.69. The summed E-state index contributed by atoms with van der Waals surface area (Å²) in [6.07, 6.45) is 2.19. The van der Waals surface area contributed by atoms with Crippen LogP contribution < -0.4 is 0 Å². The molecule has 2 atom stereocenters. The van der Waals surface area contributed by atoms with Crippen LogP contribution >= 0.6 is 0 Å². The number of methoxy groups -OCH3 is 2. The molecule has 3 heterocycles. The number of para-hydroxylation sites is 1. The van der Waals surface area contributed by atoms with Crippen molar-refractivity contribution in [2.24, 2.45) is 5.92 Å². The highest BCUT2D eigenvalue weighted by Gasteiger charge is 2.44. The van der Waals surface area contributed by atoms with E-state index in [2.05, 4.69) is 4.90 Å². The van der Waals surface area contributed by atoms with Crippen molar-refractivity contribution in [2.75, 3.05) is 27.3 Å². The summed E-state index contributed by atoms with van der Waals surface area (Å²) in [4.78, 5) is 27.3. The molecule has 1 fully saturated rings. The molecule has 132 valence electrons. The van der Waals surface area contributed by atoms with Crippen molar-refractivity contribution < 1.29 is 19.1 Å². The Kier molecular flexibility index (Phi) is 4.00. The van der Waals surface area contributed by atoms with Gasteiger partial charge in [-0.15, -0.1) is 0 Å². The van der Waals surface area contributed by atoms with Gasteiger partial charge in [0, 0.05) is 11.9 Å². The summed E-state index contributed by atoms with van der Waals surface area (Å²) in [7, 11) is 2.82. The molecule has 0 unspecified atom stereocenters. The van der Waals surface area contributed by atoms with Gasteiger partial charge in [0.2, 0.25) is 0 Å². The van der Waals surface area contributed by atoms with Gasteiger partial charge < -0.3 is 9.47 Å². The molecule has 0 radical (unpaired) electrons. The zero-order valence-corrected chi connectivity index (χ0v) is 14.5. The summed E-state index contributed by atoms with van der Waals surface area (Å²) in [5.74, 6) is -0.463. The number of hydrogen-bond donors (Lipinski definition) is 0. The molecule has 6 heteroatoms. The molecule has 0 aliphatic carbocycles. The van der Waals surface area contributed by atoms with Crippen LogP contribution in [0.4, 0.5) is 4.79 Å². The average molecular weight is 342 g/mol. The second-order valence-corrected chi connectivity index (χ2v) is 6.69. The molecular formula is C19H22N2O4. The number of carbonyl (C=O) groups is 2. The van der Waals surface area contributed by atoms with Crippen molar-refractivity contribution in [3.63, 3.8) is 0 Å². The van der Waals surface area contributed by atoms with E-state index in [-0.39, 0.29) is 17.9 Å². The Morgan fingerprint density at radius 1 is 1.12 bits per heavy atom. The minimum absolute atomic E-state index is 0.142. The van der Waals surface area contributed by atoms with Gasteiger partial charge >= 0.3 is 12.1 Å². The highest BCUT2D eigenvalue weighted by atomic mass is 16.5. The Hall–Kier alpha value is -2.34. The van der Waals surface area contributed by atoms with Crippen molar-refractivity contribution in [3.8, 4) is 0 Å². The highest BCUT2D eigenvalue weighted by Crippen LogP contribution is 2.44. The molecule has 2 aromatic rings. The molecule has 1 saturated heterocycles. The lowest BCUT2D eigenvalue weighted by Crippen LogP contribution is -2.47. The summed E-state index contributed by atoms with van der Waals surface area (Å²) in [6.45, 7) is 1.82. The maximum atomic E-state index is 12.6. The van der Waals surface area contributed by atoms with Crippen LogP contribution in [0.2, 0.25) is 0 Å². The maximum Gasteiger partial charge on any atom is 0.418 e. The monoisotopic (exact) mass is 342 g/mol. The number of rotatable bonds is 1. The first-order chi connectivity index (χ1) is 12.2. The van der Waals surface area contributed by atoms with Gasteiger partial charge in [-0.05, 0) is 37.4 Å². The van der Waals surface area contributed by atoms with Crippen LogP contribution in [0.5, 0.6) is 0 Å². The molecule has 4 rings (SSSR count). The lowest BCUT2D eigenvalue weighted by atomic mass is 9.82. The Bertz CT molecular complexity index is 841. The van der Waals surface area contributed by atoms with E-state index in [4.69, 9.17) is 9.47 Å². The second kappa shape index (κ2) is 6.19. The number of aromatic nitrogens is 1. The van der Waals surface area contributed by atoms with Crippen LogP contribution in [0.3, 0.4) is 0 Å². The van der Waals surface area contributed by atoms with Crippen LogP contribution in [0, 0.1) is 5.92 Å². The average Bonchev–Trinajstić information content (AvgIpc) is 3.01. The summed E-state index contributed by atoms with van der Waals surface area (Å²) in [6, 6.07) is 7.74. The standard InChI is InChI=1S/C19H22N2O4/c1-24-18(22)14-7-5-10-20-11-9-13-12-6-3-4-8-15(12)21(19(23)25-2)17(13)16(14)20/h3-4,6,8,14,16H,5,7,9-11H2,1-2H3/t14-,16+/m1/s1. The Morgan fingerprint density at radius 2 is 1.92 bits per heavy atom. The number of benzene rings is 1. The van der Waals surface area contributed by atoms with E-state index in [0.717, 1.165) is 54.5 Å². The largest absolute Gasteiger partial charge is 0.469 e. The molecule has 0 saturated carbocycles. The van der Waals surface area contributed by atoms with Crippen LogP contribution in [0.25, 0.3) is 10.9 Å². The molecule has 2 aliphatic heterocycles. The third kappa shape index (κ3) is 2.35. The smallest absolute Gasteiger partial charge is 0.418 e. The first-order valence-electron chi connectivity index (χ1n) is 8.69. The fraction of sp³-hybridized carbons (Fsp3) is 0.474. The maximum absolute atomic E-state index is 12.6. The van der Waals surface area contributed by atoms with E-state index < -0.39 is 6.09 Å². The quantitative estimate of drug-likeness (QED) is 0.746. The number of piperidine rings is 1. The fourth-order valence-electron chi connectivity index (χ4n) is 4.52. The Balaban J connectivity index is 1.97. The second-order valence-electron chi connectivity index (χ2n) is 6.69. The first kappa shape index (κ1) is 16.1. The van der Waals surface area contributed by atoms with Crippen molar-refractivity contribution in [1.29, 1.82) is 0 Å². The van der Waals surface area contributed by atoms with Crippen LogP contribution in [0.1, 0.15) is 30.1 Å². The van der Waals surface area contributed by atoms with Crippen molar-refractivity contribution in [2.45, 2.75) is 25.3 Å². The minimum Gasteiger partial charge on any atom is -0.469 e. The lowest BCUT2D eigenvalue weighted by molar-refractivity contribution is -0.150. The molecule has 1 aromatic carbocycles. The van der Waals surface area contributed by atoms with Gasteiger partial charge in [0.15, 0.2) is 0 Å². The zero-order chi connectivity index (χ0) is 17.6. The summed E-state index contributed by atoms with van der Waals surface area (Å²) >= 11 is 0. The topological polar surface area (TPSA) is 60.8 Å². The Morgan fingerprint density at radius 3 is 2.68 bits per heavy atom. The van der Waals surface area contributed by atoms with Crippen LogP contribution in [-0.2, 0) is 20.7 Å². The van der Waals surface area contributed by atoms with Gasteiger partial charge in [-0.2, -0.15) is 0 Å². The molecule has 0 amide bonds. The molecule has 0 bridgehead atoms. The molecule has 2 aliphatic rings. The van der Waals surface area contributed by atoms with Crippen molar-refractivity contribution >= 4 is 23.0 Å². The summed E-state index contributed by atoms with van der Waals surface area (Å²) in [5.41, 5.74) is 2.89. The highest BCUT2D eigenvalue weighted by molar-refractivity contribution is 5.94. The summed E-state index contributed by atoms with van der Waals surface area (Å²) in [5, 5.41) is 1.07. The van der Waals surface area contributed by atoms with E-state index in [1.165, 1.54) is 14.2 Å². The van der Waals surface area contributed by atoms with Crippen molar-refractivity contribution in [1.82, 2.24) is 9.47 Å². The van der Waals surface area contributed by atoms with Gasteiger partial charge in [0.05, 0.1) is 37.4 Å². The van der Waals surface area contributed by atoms with Crippen LogP contribution in [-0.4, -0.2) is 48.8 Å². The third-order valence-corrected chi connectivity index (χ3v) is 5.55. The van der Waals surface area contributed by atoms with Gasteiger partial charge in [-0.1, -0.05) is 18.2 Å². The molecule has 25 heavy (non-hydrogen) atoms. The zero-order valence-electron chi connectivity index (χ0n) is 14.5. The fourth-order valence-corrected chi connectivity index (χ4v) is 4.52. The van der Waals surface area contributed by atoms with Crippen molar-refractivity contribution in [3.05, 3.63) is 35.5 Å². The normalized spacial score (nSPS) is 23.0. The van der Waals surface area contributed by atoms with E-state index in [0.29, 0.717) is 0 Å². The van der Waals surface area contributed by atoms with Gasteiger partial charge in [-0.3, -0.25) is 9.69 Å². The predicted octanol–water partition coefficient (Wildman–Crippen LogP) is 2.74. The van der Waals surface area contributed by atoms with E-state index >= 15 is 0 Å². The van der Waals surface area contributed by atoms with Gasteiger partial charge in [0.25, 0.3) is 0 Å². The predicted molar refractivity (Wildman–Crippen MR) is 92.5 cm³/mol. The van der Waals surface area contributed by atoms with E-state index in [1.54, 1.807) is 4.57 Å². The molecule has 6 nitrogen and oxygen atoms in total. The van der Waals surface area contributed by atoms with Crippen LogP contribution in [0.15, 0.2) is 24.3 Å². The van der Waals surface area contributed by atoms with Gasteiger partial charge in [-0.25, -0.2) is 9.36 Å². The minimum atomic E-state index is -0.409. The third-order valence-electron chi connectivity index (χ3n) is 5.55. The number of nitrogens with zero attached hydrogens (tertiary/aromatic N) is 2.